The summed E-state index contributed by atoms with van der Waals surface area (Å²) in [5.74, 6) is 1.34. The molecule has 0 radical (unpaired) electrons. The number of fused-ring (bicyclic) bond motifs is 1. The number of pyridine rings is 1. The highest BCUT2D eigenvalue weighted by molar-refractivity contribution is 7.71. The van der Waals surface area contributed by atoms with Gasteiger partial charge in [0.05, 0.1) is 30.4 Å². The van der Waals surface area contributed by atoms with Crippen LogP contribution in [0.15, 0.2) is 54.6 Å². The summed E-state index contributed by atoms with van der Waals surface area (Å²) in [6, 6.07) is 17.5. The second-order valence-corrected chi connectivity index (χ2v) is 7.92. The summed E-state index contributed by atoms with van der Waals surface area (Å²) in [6.45, 7) is 0.303. The lowest BCUT2D eigenvalue weighted by Crippen LogP contribution is -2.25. The Hall–Kier alpha value is -3.52. The van der Waals surface area contributed by atoms with Crippen molar-refractivity contribution in [2.24, 2.45) is 0 Å². The number of ether oxygens (including phenoxy) is 1. The summed E-state index contributed by atoms with van der Waals surface area (Å²) in [5.41, 5.74) is 2.98. The van der Waals surface area contributed by atoms with Crippen LogP contribution in [0, 0.1) is 4.77 Å². The third-order valence-corrected chi connectivity index (χ3v) is 5.73. The number of H-pyrrole nitrogens is 1. The minimum absolute atomic E-state index is 0.176. The van der Waals surface area contributed by atoms with E-state index in [-0.39, 0.29) is 5.91 Å². The summed E-state index contributed by atoms with van der Waals surface area (Å²) in [6.07, 6.45) is 2.18. The molecule has 0 spiro atoms. The third-order valence-electron chi connectivity index (χ3n) is 5.44. The quantitative estimate of drug-likeness (QED) is 0.441. The zero-order valence-electron chi connectivity index (χ0n) is 17.0. The number of carbonyl (C=O) groups is 1. The van der Waals surface area contributed by atoms with Gasteiger partial charge in [0.2, 0.25) is 0 Å². The average molecular weight is 432 g/mol. The molecule has 31 heavy (non-hydrogen) atoms. The highest BCUT2D eigenvalue weighted by atomic mass is 32.1. The summed E-state index contributed by atoms with van der Waals surface area (Å²) in [4.78, 5) is 17.9. The lowest BCUT2D eigenvalue weighted by Gasteiger charge is -2.11. The van der Waals surface area contributed by atoms with Crippen molar-refractivity contribution in [2.45, 2.75) is 25.4 Å². The number of amides is 1. The number of carbonyl (C=O) groups excluding carboxylic acids is 1. The summed E-state index contributed by atoms with van der Waals surface area (Å²) < 4.78 is 7.84. The normalized spacial score (nSPS) is 13.3. The number of benzene rings is 2. The molecule has 0 saturated heterocycles. The van der Waals surface area contributed by atoms with Crippen molar-refractivity contribution in [2.75, 3.05) is 7.11 Å². The maximum absolute atomic E-state index is 13.2. The van der Waals surface area contributed by atoms with Crippen LogP contribution in [-0.2, 0) is 6.54 Å². The Balaban J connectivity index is 1.47. The molecule has 2 heterocycles. The fraction of sp³-hybridized carbons (Fsp3) is 0.217. The molecule has 1 fully saturated rings. The number of rotatable bonds is 6. The Bertz CT molecular complexity index is 1320. The van der Waals surface area contributed by atoms with Crippen LogP contribution < -0.4 is 10.1 Å². The number of methoxy groups -OCH3 is 1. The van der Waals surface area contributed by atoms with Gasteiger partial charge in [0.25, 0.3) is 5.91 Å². The first-order valence-electron chi connectivity index (χ1n) is 10.1. The van der Waals surface area contributed by atoms with Crippen LogP contribution in [0.4, 0.5) is 0 Å². The van der Waals surface area contributed by atoms with Crippen molar-refractivity contribution in [3.8, 4) is 17.0 Å². The van der Waals surface area contributed by atoms with E-state index in [2.05, 4.69) is 15.5 Å². The molecule has 1 aliphatic rings. The predicted molar refractivity (Wildman–Crippen MR) is 121 cm³/mol. The Morgan fingerprint density at radius 1 is 1.23 bits per heavy atom. The number of nitrogens with one attached hydrogen (secondary N) is 2. The molecule has 0 unspecified atom stereocenters. The lowest BCUT2D eigenvalue weighted by atomic mass is 10.0. The van der Waals surface area contributed by atoms with E-state index in [9.17, 15) is 4.79 Å². The van der Waals surface area contributed by atoms with Crippen molar-refractivity contribution in [1.82, 2.24) is 25.1 Å². The first-order valence-corrected chi connectivity index (χ1v) is 10.5. The lowest BCUT2D eigenvalue weighted by molar-refractivity contribution is 0.0951. The molecule has 7 nitrogen and oxygen atoms in total. The van der Waals surface area contributed by atoms with Crippen molar-refractivity contribution >= 4 is 29.0 Å². The van der Waals surface area contributed by atoms with Crippen LogP contribution in [0.5, 0.6) is 5.75 Å². The maximum atomic E-state index is 13.2. The summed E-state index contributed by atoms with van der Waals surface area (Å²) >= 11 is 5.33. The second kappa shape index (κ2) is 7.96. The molecule has 1 amide bonds. The van der Waals surface area contributed by atoms with Gasteiger partial charge in [-0.05, 0) is 61.5 Å². The van der Waals surface area contributed by atoms with Gasteiger partial charge in [-0.3, -0.25) is 14.5 Å². The van der Waals surface area contributed by atoms with Gasteiger partial charge in [-0.25, -0.2) is 4.98 Å². The molecule has 1 aliphatic carbocycles. The first-order chi connectivity index (χ1) is 15.1. The minimum Gasteiger partial charge on any atom is -0.497 e. The molecule has 8 heteroatoms. The van der Waals surface area contributed by atoms with Gasteiger partial charge in [-0.2, -0.15) is 5.10 Å². The summed E-state index contributed by atoms with van der Waals surface area (Å²) in [5, 5.41) is 10.9. The molecule has 4 aromatic rings. The molecule has 0 atom stereocenters. The second-order valence-electron chi connectivity index (χ2n) is 7.53. The van der Waals surface area contributed by atoms with Gasteiger partial charge in [0.15, 0.2) is 10.6 Å². The fourth-order valence-corrected chi connectivity index (χ4v) is 4.00. The molecule has 0 bridgehead atoms. The highest BCUT2D eigenvalue weighted by Crippen LogP contribution is 2.35. The number of hydrogen-bond donors (Lipinski definition) is 2. The van der Waals surface area contributed by atoms with E-state index in [1.165, 1.54) is 0 Å². The molecule has 5 rings (SSSR count). The number of hydrogen-bond acceptors (Lipinski definition) is 5. The van der Waals surface area contributed by atoms with E-state index in [1.807, 2.05) is 59.2 Å². The third kappa shape index (κ3) is 3.82. The van der Waals surface area contributed by atoms with Gasteiger partial charge >= 0.3 is 0 Å². The number of aromatic amines is 1. The van der Waals surface area contributed by atoms with Gasteiger partial charge in [-0.1, -0.05) is 18.2 Å². The predicted octanol–water partition coefficient (Wildman–Crippen LogP) is 4.43. The van der Waals surface area contributed by atoms with Crippen LogP contribution in [-0.4, -0.2) is 32.8 Å². The average Bonchev–Trinajstić information content (AvgIpc) is 3.58. The molecular weight excluding hydrogens is 410 g/mol. The first kappa shape index (κ1) is 19.4. The van der Waals surface area contributed by atoms with E-state index in [4.69, 9.17) is 21.9 Å². The molecule has 1 saturated carbocycles. The van der Waals surface area contributed by atoms with Crippen LogP contribution >= 0.6 is 12.2 Å². The van der Waals surface area contributed by atoms with Crippen molar-refractivity contribution < 1.29 is 9.53 Å². The van der Waals surface area contributed by atoms with E-state index in [1.54, 1.807) is 7.11 Å². The van der Waals surface area contributed by atoms with Crippen molar-refractivity contribution in [1.29, 1.82) is 0 Å². The zero-order valence-corrected chi connectivity index (χ0v) is 17.8. The van der Waals surface area contributed by atoms with Gasteiger partial charge < -0.3 is 10.1 Å². The Morgan fingerprint density at radius 3 is 2.74 bits per heavy atom. The molecule has 2 aromatic heterocycles. The molecule has 2 N–H and O–H groups in total. The molecular formula is C23H21N5O2S. The Kier molecular flexibility index (Phi) is 4.99. The number of nitrogens with zero attached hydrogens (tertiary/aromatic N) is 3. The summed E-state index contributed by atoms with van der Waals surface area (Å²) in [7, 11) is 1.63. The minimum atomic E-state index is -0.176. The van der Waals surface area contributed by atoms with Crippen LogP contribution in [0.2, 0.25) is 0 Å². The van der Waals surface area contributed by atoms with E-state index in [0.717, 1.165) is 46.6 Å². The SMILES string of the molecule is COc1ccc(-c2cc(C(=O)NCc3n[nH]c(=S)n3C3CC3)c3ccccc3n2)cc1. The van der Waals surface area contributed by atoms with E-state index < -0.39 is 0 Å². The molecule has 2 aromatic carbocycles. The smallest absolute Gasteiger partial charge is 0.252 e. The van der Waals surface area contributed by atoms with E-state index >= 15 is 0 Å². The number of para-hydroxylation sites is 1. The van der Waals surface area contributed by atoms with Crippen molar-refractivity contribution in [3.05, 3.63) is 70.8 Å². The van der Waals surface area contributed by atoms with E-state index in [0.29, 0.717) is 22.9 Å². The Morgan fingerprint density at radius 2 is 2.00 bits per heavy atom. The monoisotopic (exact) mass is 431 g/mol. The van der Waals surface area contributed by atoms with Crippen LogP contribution in [0.1, 0.15) is 35.1 Å². The highest BCUT2D eigenvalue weighted by Gasteiger charge is 2.27. The fourth-order valence-electron chi connectivity index (χ4n) is 3.70. The van der Waals surface area contributed by atoms with Gasteiger partial charge in [-0.15, -0.1) is 0 Å². The van der Waals surface area contributed by atoms with Crippen molar-refractivity contribution in [3.63, 3.8) is 0 Å². The number of aromatic nitrogens is 4. The zero-order chi connectivity index (χ0) is 21.4. The van der Waals surface area contributed by atoms with Crippen LogP contribution in [0.25, 0.3) is 22.2 Å². The maximum Gasteiger partial charge on any atom is 0.252 e. The van der Waals surface area contributed by atoms with Gasteiger partial charge in [0, 0.05) is 17.0 Å². The molecule has 0 aliphatic heterocycles. The van der Waals surface area contributed by atoms with Gasteiger partial charge in [0.1, 0.15) is 5.75 Å². The topological polar surface area (TPSA) is 84.8 Å². The Labute approximate surface area is 184 Å². The van der Waals surface area contributed by atoms with Crippen LogP contribution in [0.3, 0.4) is 0 Å². The largest absolute Gasteiger partial charge is 0.497 e. The standard InChI is InChI=1S/C23H21N5O2S/c1-30-16-10-6-14(7-11-16)20-12-18(17-4-2-3-5-19(17)25-20)22(29)24-13-21-26-27-23(31)28(21)15-8-9-15/h2-7,10-12,15H,8-9,13H2,1H3,(H,24,29)(H,27,31). The molecule has 156 valence electrons.